The predicted molar refractivity (Wildman–Crippen MR) is 82.9 cm³/mol. The lowest BCUT2D eigenvalue weighted by Crippen LogP contribution is -2.27. The van der Waals surface area contributed by atoms with E-state index in [-0.39, 0.29) is 6.04 Å². The van der Waals surface area contributed by atoms with E-state index in [1.165, 1.54) is 19.3 Å². The molecule has 3 nitrogen and oxygen atoms in total. The lowest BCUT2D eigenvalue weighted by atomic mass is 9.85. The molecule has 1 aliphatic rings. The summed E-state index contributed by atoms with van der Waals surface area (Å²) >= 11 is 6.38. The van der Waals surface area contributed by atoms with Gasteiger partial charge in [0.2, 0.25) is 0 Å². The molecule has 2 rings (SSSR count). The molecule has 0 spiro atoms. The topological polar surface area (TPSA) is 30.5 Å². The average Bonchev–Trinajstić information content (AvgIpc) is 2.86. The Hall–Kier alpha value is -0.930. The maximum Gasteiger partial charge on any atom is 0.146 e. The zero-order chi connectivity index (χ0) is 14.7. The zero-order valence-corrected chi connectivity index (χ0v) is 13.5. The van der Waals surface area contributed by atoms with Crippen LogP contribution >= 0.6 is 11.6 Å². The normalized spacial score (nSPS) is 23.6. The van der Waals surface area contributed by atoms with E-state index in [1.807, 2.05) is 13.1 Å². The van der Waals surface area contributed by atoms with Crippen LogP contribution in [-0.2, 0) is 0 Å². The highest BCUT2D eigenvalue weighted by Gasteiger charge is 2.33. The van der Waals surface area contributed by atoms with Crippen LogP contribution in [0.15, 0.2) is 12.1 Å². The first kappa shape index (κ1) is 15.5. The smallest absolute Gasteiger partial charge is 0.146 e. The number of hydrogen-bond donors (Lipinski definition) is 1. The van der Waals surface area contributed by atoms with Crippen LogP contribution in [0.5, 0.6) is 11.5 Å². The molecule has 0 aliphatic heterocycles. The third-order valence-corrected chi connectivity index (χ3v) is 4.88. The van der Waals surface area contributed by atoms with Gasteiger partial charge >= 0.3 is 0 Å². The monoisotopic (exact) mass is 297 g/mol. The van der Waals surface area contributed by atoms with E-state index >= 15 is 0 Å². The van der Waals surface area contributed by atoms with Crippen LogP contribution < -0.4 is 14.8 Å². The molecular formula is C16H24ClNO2. The zero-order valence-electron chi connectivity index (χ0n) is 12.7. The lowest BCUT2D eigenvalue weighted by molar-refractivity contribution is 0.304. The summed E-state index contributed by atoms with van der Waals surface area (Å²) in [4.78, 5) is 0. The molecule has 1 aliphatic carbocycles. The highest BCUT2D eigenvalue weighted by Crippen LogP contribution is 2.46. The molecule has 1 saturated carbocycles. The summed E-state index contributed by atoms with van der Waals surface area (Å²) in [7, 11) is 5.29. The third-order valence-electron chi connectivity index (χ3n) is 4.52. The van der Waals surface area contributed by atoms with Gasteiger partial charge in [-0.2, -0.15) is 0 Å². The number of benzene rings is 1. The van der Waals surface area contributed by atoms with Gasteiger partial charge in [-0.3, -0.25) is 0 Å². The molecule has 4 heteroatoms. The summed E-state index contributed by atoms with van der Waals surface area (Å²) in [6.45, 7) is 2.33. The fraction of sp³-hybridized carbons (Fsp3) is 0.625. The van der Waals surface area contributed by atoms with Crippen LogP contribution in [0.1, 0.15) is 37.8 Å². The molecule has 20 heavy (non-hydrogen) atoms. The van der Waals surface area contributed by atoms with E-state index in [9.17, 15) is 0 Å². The molecule has 0 heterocycles. The highest BCUT2D eigenvalue weighted by molar-refractivity contribution is 6.33. The summed E-state index contributed by atoms with van der Waals surface area (Å²) in [5.74, 6) is 2.72. The highest BCUT2D eigenvalue weighted by atomic mass is 35.5. The summed E-state index contributed by atoms with van der Waals surface area (Å²) in [5, 5.41) is 4.00. The van der Waals surface area contributed by atoms with Crippen molar-refractivity contribution in [3.8, 4) is 11.5 Å². The molecule has 1 aromatic rings. The SMILES string of the molecule is CNC(c1ccc(OC)c(Cl)c1OC)C1CCCC1C. The molecule has 0 radical (unpaired) electrons. The number of nitrogens with one attached hydrogen (secondary N) is 1. The largest absolute Gasteiger partial charge is 0.495 e. The molecule has 0 amide bonds. The van der Waals surface area contributed by atoms with Gasteiger partial charge in [-0.25, -0.2) is 0 Å². The van der Waals surface area contributed by atoms with Crippen LogP contribution in [0.25, 0.3) is 0 Å². The predicted octanol–water partition coefficient (Wildman–Crippen LogP) is 4.05. The van der Waals surface area contributed by atoms with E-state index in [0.29, 0.717) is 16.7 Å². The second-order valence-corrected chi connectivity index (χ2v) is 5.92. The molecule has 0 aromatic heterocycles. The van der Waals surface area contributed by atoms with Gasteiger partial charge in [0.1, 0.15) is 16.5 Å². The number of methoxy groups -OCH3 is 2. The van der Waals surface area contributed by atoms with Crippen molar-refractivity contribution in [2.45, 2.75) is 32.2 Å². The number of rotatable bonds is 5. The second-order valence-electron chi connectivity index (χ2n) is 5.54. The molecule has 0 saturated heterocycles. The number of hydrogen-bond acceptors (Lipinski definition) is 3. The third kappa shape index (κ3) is 2.75. The van der Waals surface area contributed by atoms with Crippen LogP contribution in [0.3, 0.4) is 0 Å². The van der Waals surface area contributed by atoms with Gasteiger partial charge in [-0.05, 0) is 37.4 Å². The van der Waals surface area contributed by atoms with Crippen molar-refractivity contribution >= 4 is 11.6 Å². The van der Waals surface area contributed by atoms with Gasteiger partial charge in [0.15, 0.2) is 0 Å². The molecular weight excluding hydrogens is 274 g/mol. The Labute approximate surface area is 126 Å². The summed E-state index contributed by atoms with van der Waals surface area (Å²) in [6, 6.07) is 4.26. The second kappa shape index (κ2) is 6.68. The van der Waals surface area contributed by atoms with E-state index in [1.54, 1.807) is 14.2 Å². The average molecular weight is 298 g/mol. The van der Waals surface area contributed by atoms with E-state index in [0.717, 1.165) is 17.2 Å². The quantitative estimate of drug-likeness (QED) is 0.889. The minimum absolute atomic E-state index is 0.269. The van der Waals surface area contributed by atoms with Crippen molar-refractivity contribution in [1.82, 2.24) is 5.32 Å². The Kier molecular flexibility index (Phi) is 5.17. The van der Waals surface area contributed by atoms with Gasteiger partial charge < -0.3 is 14.8 Å². The van der Waals surface area contributed by atoms with Crippen molar-refractivity contribution in [1.29, 1.82) is 0 Å². The molecule has 1 N–H and O–H groups in total. The first-order valence-electron chi connectivity index (χ1n) is 7.21. The Morgan fingerprint density at radius 3 is 2.50 bits per heavy atom. The first-order valence-corrected chi connectivity index (χ1v) is 7.59. The Morgan fingerprint density at radius 1 is 1.25 bits per heavy atom. The van der Waals surface area contributed by atoms with Crippen molar-refractivity contribution in [3.05, 3.63) is 22.7 Å². The Balaban J connectivity index is 2.41. The van der Waals surface area contributed by atoms with E-state index in [4.69, 9.17) is 21.1 Å². The summed E-state index contributed by atoms with van der Waals surface area (Å²) < 4.78 is 10.8. The van der Waals surface area contributed by atoms with Gasteiger partial charge in [-0.1, -0.05) is 31.4 Å². The van der Waals surface area contributed by atoms with Crippen LogP contribution in [-0.4, -0.2) is 21.3 Å². The minimum atomic E-state index is 0.269. The number of halogens is 1. The Bertz CT molecular complexity index is 464. The molecule has 3 atom stereocenters. The molecule has 1 fully saturated rings. The fourth-order valence-corrected chi connectivity index (χ4v) is 3.76. The minimum Gasteiger partial charge on any atom is -0.495 e. The number of ether oxygens (including phenoxy) is 2. The summed E-state index contributed by atoms with van der Waals surface area (Å²) in [5.41, 5.74) is 1.12. The molecule has 1 aromatic carbocycles. The van der Waals surface area contributed by atoms with Gasteiger partial charge in [0.05, 0.1) is 14.2 Å². The lowest BCUT2D eigenvalue weighted by Gasteiger charge is -2.29. The molecule has 0 bridgehead atoms. The molecule has 112 valence electrons. The van der Waals surface area contributed by atoms with Gasteiger partial charge in [0.25, 0.3) is 0 Å². The van der Waals surface area contributed by atoms with Crippen LogP contribution in [0.2, 0.25) is 5.02 Å². The Morgan fingerprint density at radius 2 is 2.00 bits per heavy atom. The van der Waals surface area contributed by atoms with Crippen molar-refractivity contribution in [2.24, 2.45) is 11.8 Å². The van der Waals surface area contributed by atoms with Gasteiger partial charge in [0, 0.05) is 11.6 Å². The standard InChI is InChI=1S/C16H24ClNO2/c1-10-6-5-7-11(10)15(18-2)12-8-9-13(19-3)14(17)16(12)20-4/h8-11,15,18H,5-7H2,1-4H3. The summed E-state index contributed by atoms with van der Waals surface area (Å²) in [6.07, 6.45) is 3.85. The maximum atomic E-state index is 6.38. The van der Waals surface area contributed by atoms with Gasteiger partial charge in [-0.15, -0.1) is 0 Å². The first-order chi connectivity index (χ1) is 9.63. The van der Waals surface area contributed by atoms with E-state index in [2.05, 4.69) is 18.3 Å². The van der Waals surface area contributed by atoms with Crippen molar-refractivity contribution in [2.75, 3.05) is 21.3 Å². The van der Waals surface area contributed by atoms with E-state index < -0.39 is 0 Å². The molecule has 3 unspecified atom stereocenters. The van der Waals surface area contributed by atoms with Crippen molar-refractivity contribution in [3.63, 3.8) is 0 Å². The van der Waals surface area contributed by atoms with Crippen LogP contribution in [0.4, 0.5) is 0 Å². The van der Waals surface area contributed by atoms with Crippen LogP contribution in [0, 0.1) is 11.8 Å². The van der Waals surface area contributed by atoms with Crippen molar-refractivity contribution < 1.29 is 9.47 Å². The fourth-order valence-electron chi connectivity index (χ4n) is 3.43. The maximum absolute atomic E-state index is 6.38.